The van der Waals surface area contributed by atoms with Crippen LogP contribution in [-0.2, 0) is 20.9 Å². The van der Waals surface area contributed by atoms with E-state index in [9.17, 15) is 19.2 Å². The molecule has 9 rings (SSSR count). The van der Waals surface area contributed by atoms with Crippen LogP contribution in [0.25, 0.3) is 22.3 Å². The van der Waals surface area contributed by atoms with Gasteiger partial charge in [0.05, 0.1) is 11.4 Å². The SMILES string of the molecule is Nc1ncnc2c1c(-c1ccc(Oc3ccccc3)cc1)nn2C1CCCN(C(=O)/C=C/CN2CCN(CCCCCSc3cccc4c3CN(C3CCC(=O)NC3=O)C4=O)CC2)C1. The van der Waals surface area contributed by atoms with Crippen molar-refractivity contribution in [2.75, 3.05) is 63.8 Å². The standard InChI is InChI=1S/C48H54N10O5S/c49-45-43-44(33-16-18-36(19-17-33)63-35-11-3-1-4-12-35)53-58(46(43)51-32-50-45)34-10-8-24-56(30-34)42(60)15-9-23-55-27-25-54(26-28-55)22-5-2-6-29-64-40-14-7-13-37-38(40)31-57(48(37)62)39-20-21-41(59)52-47(39)61/h1,3-4,7,9,11-19,32,34,39H,2,5-6,8,10,20-31H2,(H2,49,50,51)(H,52,59,61)/b15-9+. The van der Waals surface area contributed by atoms with Crippen LogP contribution in [0.15, 0.2) is 96.2 Å². The van der Waals surface area contributed by atoms with Crippen molar-refractivity contribution in [1.82, 2.24) is 44.7 Å². The molecule has 3 N–H and O–H groups in total. The lowest BCUT2D eigenvalue weighted by molar-refractivity contribution is -0.137. The molecule has 2 aromatic heterocycles. The van der Waals surface area contributed by atoms with Gasteiger partial charge in [0.2, 0.25) is 17.7 Å². The number of aromatic nitrogens is 4. The minimum atomic E-state index is -0.598. The summed E-state index contributed by atoms with van der Waals surface area (Å²) in [5.74, 6) is 2.04. The zero-order chi connectivity index (χ0) is 44.0. The molecule has 6 heterocycles. The van der Waals surface area contributed by atoms with Crippen LogP contribution in [0.3, 0.4) is 0 Å². The highest BCUT2D eigenvalue weighted by molar-refractivity contribution is 7.99. The van der Waals surface area contributed by atoms with Crippen molar-refractivity contribution in [2.24, 2.45) is 0 Å². The third-order valence-electron chi connectivity index (χ3n) is 12.7. The molecule has 0 saturated carbocycles. The molecule has 0 bridgehead atoms. The second kappa shape index (κ2) is 19.7. The van der Waals surface area contributed by atoms with Gasteiger partial charge < -0.3 is 25.2 Å². The van der Waals surface area contributed by atoms with Crippen LogP contribution < -0.4 is 15.8 Å². The average molecular weight is 883 g/mol. The number of carbonyl (C=O) groups excluding carboxylic acids is 4. The van der Waals surface area contributed by atoms with E-state index in [2.05, 4.69) is 31.2 Å². The Kier molecular flexibility index (Phi) is 13.3. The van der Waals surface area contributed by atoms with E-state index >= 15 is 0 Å². The topological polar surface area (TPSA) is 172 Å². The monoisotopic (exact) mass is 882 g/mol. The van der Waals surface area contributed by atoms with Gasteiger partial charge in [-0.05, 0) is 98.5 Å². The second-order valence-corrected chi connectivity index (χ2v) is 18.0. The number of nitrogens with zero attached hydrogens (tertiary/aromatic N) is 8. The number of ether oxygens (including phenoxy) is 1. The quantitative estimate of drug-likeness (QED) is 0.0551. The highest BCUT2D eigenvalue weighted by Crippen LogP contribution is 2.36. The average Bonchev–Trinajstić information content (AvgIpc) is 3.88. The highest BCUT2D eigenvalue weighted by atomic mass is 32.2. The van der Waals surface area contributed by atoms with Gasteiger partial charge in [-0.1, -0.05) is 36.8 Å². The van der Waals surface area contributed by atoms with Gasteiger partial charge in [0.1, 0.15) is 35.4 Å². The van der Waals surface area contributed by atoms with Gasteiger partial charge in [0.15, 0.2) is 5.65 Å². The molecule has 0 aliphatic carbocycles. The number of fused-ring (bicyclic) bond motifs is 2. The Morgan fingerprint density at radius 2 is 1.67 bits per heavy atom. The van der Waals surface area contributed by atoms with Crippen molar-refractivity contribution < 1.29 is 23.9 Å². The smallest absolute Gasteiger partial charge is 0.255 e. The van der Waals surface area contributed by atoms with E-state index in [4.69, 9.17) is 15.6 Å². The Morgan fingerprint density at radius 1 is 0.875 bits per heavy atom. The van der Waals surface area contributed by atoms with Crippen LogP contribution in [0.4, 0.5) is 5.82 Å². The Balaban J connectivity index is 0.700. The number of nitrogens with two attached hydrogens (primary N) is 1. The number of rotatable bonds is 15. The molecule has 3 saturated heterocycles. The normalized spacial score (nSPS) is 19.7. The molecule has 15 nitrogen and oxygen atoms in total. The summed E-state index contributed by atoms with van der Waals surface area (Å²) in [6.07, 6.45) is 10.9. The number of hydrogen-bond donors (Lipinski definition) is 2. The maximum Gasteiger partial charge on any atom is 0.255 e. The van der Waals surface area contributed by atoms with Crippen LogP contribution in [0.1, 0.15) is 66.9 Å². The zero-order valence-corrected chi connectivity index (χ0v) is 36.8. The first kappa shape index (κ1) is 43.2. The molecule has 0 spiro atoms. The number of piperidine rings is 2. The van der Waals surface area contributed by atoms with Gasteiger partial charge in [-0.2, -0.15) is 5.10 Å². The fraction of sp³-hybridized carbons (Fsp3) is 0.396. The molecule has 2 atom stereocenters. The number of thioether (sulfide) groups is 1. The fourth-order valence-electron chi connectivity index (χ4n) is 9.20. The van der Waals surface area contributed by atoms with Crippen molar-refractivity contribution >= 4 is 52.2 Å². The van der Waals surface area contributed by atoms with E-state index in [1.165, 1.54) is 6.33 Å². The minimum Gasteiger partial charge on any atom is -0.457 e. The van der Waals surface area contributed by atoms with E-state index in [1.54, 1.807) is 22.7 Å². The number of hydrogen-bond acceptors (Lipinski definition) is 12. The zero-order valence-electron chi connectivity index (χ0n) is 35.9. The molecule has 332 valence electrons. The van der Waals surface area contributed by atoms with Crippen LogP contribution in [-0.4, -0.2) is 127 Å². The van der Waals surface area contributed by atoms with E-state index in [1.807, 2.05) is 82.4 Å². The van der Waals surface area contributed by atoms with Gasteiger partial charge in [-0.3, -0.25) is 29.4 Å². The molecular formula is C48H54N10O5S. The van der Waals surface area contributed by atoms with Crippen LogP contribution in [0.5, 0.6) is 11.5 Å². The second-order valence-electron chi connectivity index (χ2n) is 16.9. The number of benzene rings is 3. The highest BCUT2D eigenvalue weighted by Gasteiger charge is 2.40. The Labute approximate surface area is 377 Å². The summed E-state index contributed by atoms with van der Waals surface area (Å²) in [5.41, 5.74) is 10.3. The third-order valence-corrected chi connectivity index (χ3v) is 13.9. The number of para-hydroxylation sites is 1. The van der Waals surface area contributed by atoms with Crippen LogP contribution >= 0.6 is 11.8 Å². The molecule has 4 aliphatic heterocycles. The summed E-state index contributed by atoms with van der Waals surface area (Å²) < 4.78 is 7.93. The molecule has 16 heteroatoms. The number of piperazine rings is 1. The van der Waals surface area contributed by atoms with E-state index in [-0.39, 0.29) is 36.1 Å². The molecule has 0 radical (unpaired) electrons. The number of likely N-dealkylation sites (tertiary alicyclic amines) is 1. The predicted octanol–water partition coefficient (Wildman–Crippen LogP) is 5.93. The molecule has 4 amide bonds. The van der Waals surface area contributed by atoms with Crippen molar-refractivity contribution in [3.63, 3.8) is 0 Å². The fourth-order valence-corrected chi connectivity index (χ4v) is 10.3. The first-order valence-corrected chi connectivity index (χ1v) is 23.4. The van der Waals surface area contributed by atoms with Gasteiger partial charge >= 0.3 is 0 Å². The van der Waals surface area contributed by atoms with Crippen molar-refractivity contribution in [1.29, 1.82) is 0 Å². The number of imide groups is 1. The summed E-state index contributed by atoms with van der Waals surface area (Å²) >= 11 is 1.78. The molecule has 64 heavy (non-hydrogen) atoms. The minimum absolute atomic E-state index is 0.0145. The summed E-state index contributed by atoms with van der Waals surface area (Å²) in [4.78, 5) is 69.2. The lowest BCUT2D eigenvalue weighted by Crippen LogP contribution is -2.52. The number of unbranched alkanes of at least 4 members (excludes halogenated alkanes) is 2. The van der Waals surface area contributed by atoms with Crippen LogP contribution in [0.2, 0.25) is 0 Å². The first-order chi connectivity index (χ1) is 31.3. The third kappa shape index (κ3) is 9.68. The van der Waals surface area contributed by atoms with Gasteiger partial charge in [0, 0.05) is 80.9 Å². The van der Waals surface area contributed by atoms with Crippen molar-refractivity contribution in [2.45, 2.75) is 68.5 Å². The Hall–Kier alpha value is -6.10. The number of nitrogen functional groups attached to an aromatic ring is 1. The lowest BCUT2D eigenvalue weighted by atomic mass is 10.0. The number of amides is 4. The molecule has 3 fully saturated rings. The van der Waals surface area contributed by atoms with Crippen molar-refractivity contribution in [3.05, 3.63) is 102 Å². The lowest BCUT2D eigenvalue weighted by Gasteiger charge is -2.34. The van der Waals surface area contributed by atoms with E-state index in [0.717, 1.165) is 98.9 Å². The van der Waals surface area contributed by atoms with Gasteiger partial charge in [-0.15, -0.1) is 11.8 Å². The molecule has 4 aliphatic rings. The molecule has 5 aromatic rings. The molecule has 2 unspecified atom stereocenters. The maximum atomic E-state index is 13.5. The summed E-state index contributed by atoms with van der Waals surface area (Å²) in [7, 11) is 0. The van der Waals surface area contributed by atoms with Gasteiger partial charge in [-0.25, -0.2) is 14.6 Å². The first-order valence-electron chi connectivity index (χ1n) is 22.4. The Morgan fingerprint density at radius 3 is 2.48 bits per heavy atom. The van der Waals surface area contributed by atoms with E-state index in [0.29, 0.717) is 59.9 Å². The number of nitrogens with one attached hydrogen (secondary N) is 1. The van der Waals surface area contributed by atoms with Crippen molar-refractivity contribution in [3.8, 4) is 22.8 Å². The van der Waals surface area contributed by atoms with Gasteiger partial charge in [0.25, 0.3) is 5.91 Å². The molecular weight excluding hydrogens is 829 g/mol. The number of anilines is 1. The predicted molar refractivity (Wildman–Crippen MR) is 246 cm³/mol. The largest absolute Gasteiger partial charge is 0.457 e. The maximum absolute atomic E-state index is 13.5. The summed E-state index contributed by atoms with van der Waals surface area (Å²) in [5, 5.41) is 8.13. The Bertz CT molecular complexity index is 2520. The summed E-state index contributed by atoms with van der Waals surface area (Å²) in [6.45, 7) is 7.41. The van der Waals surface area contributed by atoms with E-state index < -0.39 is 6.04 Å². The van der Waals surface area contributed by atoms with Crippen LogP contribution in [0, 0.1) is 0 Å². The number of carbonyl (C=O) groups is 4. The summed E-state index contributed by atoms with van der Waals surface area (Å²) in [6, 6.07) is 22.6. The molecule has 3 aromatic carbocycles.